The van der Waals surface area contributed by atoms with Gasteiger partial charge in [0.2, 0.25) is 0 Å². The van der Waals surface area contributed by atoms with Crippen molar-refractivity contribution < 1.29 is 27.8 Å². The second-order valence-corrected chi connectivity index (χ2v) is 6.37. The third-order valence-electron chi connectivity index (χ3n) is 4.65. The number of carboxylic acid groups (broad SMARTS) is 1. The number of halogens is 4. The van der Waals surface area contributed by atoms with E-state index >= 15 is 0 Å². The second kappa shape index (κ2) is 9.43. The summed E-state index contributed by atoms with van der Waals surface area (Å²) in [5.41, 5.74) is 0.923. The number of aliphatic carboxylic acids is 1. The van der Waals surface area contributed by atoms with Gasteiger partial charge in [-0.2, -0.15) is 0 Å². The van der Waals surface area contributed by atoms with Crippen LogP contribution in [0.1, 0.15) is 31.4 Å². The Bertz CT molecular complexity index is 576. The number of nitrogens with zero attached hydrogens (tertiary/aromatic N) is 2. The van der Waals surface area contributed by atoms with Gasteiger partial charge in [-0.3, -0.25) is 14.6 Å². The number of hydrogen-bond acceptors (Lipinski definition) is 4. The zero-order chi connectivity index (χ0) is 18.6. The van der Waals surface area contributed by atoms with Gasteiger partial charge >= 0.3 is 12.3 Å². The average Bonchev–Trinajstić information content (AvgIpc) is 2.53. The summed E-state index contributed by atoms with van der Waals surface area (Å²) in [7, 11) is 1.82. The molecule has 1 atom stereocenters. The van der Waals surface area contributed by atoms with E-state index in [2.05, 4.69) is 9.64 Å². The molecule has 2 rings (SSSR count). The van der Waals surface area contributed by atoms with Gasteiger partial charge in [-0.25, -0.2) is 0 Å². The van der Waals surface area contributed by atoms with Gasteiger partial charge in [0, 0.05) is 25.2 Å². The molecule has 0 radical (unpaired) electrons. The number of ether oxygens (including phenoxy) is 1. The predicted octanol–water partition coefficient (Wildman–Crippen LogP) is 3.55. The largest absolute Gasteiger partial charge is 0.573 e. The lowest BCUT2D eigenvalue weighted by molar-refractivity contribution is -0.274. The molecule has 0 spiro atoms. The van der Waals surface area contributed by atoms with Crippen molar-refractivity contribution in [3.8, 4) is 5.75 Å². The molecule has 0 aromatic heterocycles. The first-order valence-electron chi connectivity index (χ1n) is 8.17. The average molecular weight is 397 g/mol. The Kier molecular flexibility index (Phi) is 8.17. The first-order valence-corrected chi connectivity index (χ1v) is 8.17. The van der Waals surface area contributed by atoms with Gasteiger partial charge in [0.1, 0.15) is 5.75 Å². The molecule has 5 nitrogen and oxygen atoms in total. The molecule has 26 heavy (non-hydrogen) atoms. The molecule has 1 aromatic carbocycles. The Hall–Kier alpha value is -1.51. The summed E-state index contributed by atoms with van der Waals surface area (Å²) in [4.78, 5) is 14.9. The monoisotopic (exact) mass is 396 g/mol. The van der Waals surface area contributed by atoms with E-state index in [9.17, 15) is 18.0 Å². The van der Waals surface area contributed by atoms with Crippen LogP contribution in [0.25, 0.3) is 0 Å². The van der Waals surface area contributed by atoms with E-state index in [1.54, 1.807) is 12.1 Å². The summed E-state index contributed by atoms with van der Waals surface area (Å²) >= 11 is 0. The van der Waals surface area contributed by atoms with Gasteiger partial charge in [-0.15, -0.1) is 25.6 Å². The molecule has 148 valence electrons. The van der Waals surface area contributed by atoms with Crippen molar-refractivity contribution in [1.82, 2.24) is 9.80 Å². The molecular formula is C17H24ClF3N2O3. The standard InChI is InChI=1S/C17H23F3N2O3.ClH/c1-12(13-3-5-15(6-4-13)25-17(18,19)20)22-9-7-14(8-10-22)21(2)11-16(23)24;/h3-6,12,14H,7-11H2,1-2H3,(H,23,24);1H. The number of carboxylic acids is 1. The van der Waals surface area contributed by atoms with E-state index in [1.807, 2.05) is 18.9 Å². The summed E-state index contributed by atoms with van der Waals surface area (Å²) < 4.78 is 40.5. The van der Waals surface area contributed by atoms with E-state index < -0.39 is 12.3 Å². The van der Waals surface area contributed by atoms with Gasteiger partial charge in [-0.05, 0) is 44.5 Å². The number of benzene rings is 1. The molecular weight excluding hydrogens is 373 g/mol. The summed E-state index contributed by atoms with van der Waals surface area (Å²) in [5, 5.41) is 8.86. The van der Waals surface area contributed by atoms with Crippen LogP contribution in [0, 0.1) is 0 Å². The minimum atomic E-state index is -4.68. The zero-order valence-corrected chi connectivity index (χ0v) is 15.5. The number of alkyl halides is 3. The van der Waals surface area contributed by atoms with E-state index in [0.29, 0.717) is 0 Å². The van der Waals surface area contributed by atoms with Crippen LogP contribution in [-0.4, -0.2) is 60.0 Å². The van der Waals surface area contributed by atoms with E-state index in [-0.39, 0.29) is 36.8 Å². The van der Waals surface area contributed by atoms with Gasteiger partial charge in [0.25, 0.3) is 0 Å². The molecule has 1 unspecified atom stereocenters. The Balaban J connectivity index is 0.00000338. The molecule has 1 aliphatic heterocycles. The quantitative estimate of drug-likeness (QED) is 0.797. The van der Waals surface area contributed by atoms with Crippen LogP contribution < -0.4 is 4.74 Å². The smallest absolute Gasteiger partial charge is 0.480 e. The minimum absolute atomic E-state index is 0. The third kappa shape index (κ3) is 6.66. The normalized spacial score (nSPS) is 17.6. The fraction of sp³-hybridized carbons (Fsp3) is 0.588. The molecule has 1 aromatic rings. The summed E-state index contributed by atoms with van der Waals surface area (Å²) in [5.74, 6) is -1.06. The summed E-state index contributed by atoms with van der Waals surface area (Å²) in [6.45, 7) is 3.68. The van der Waals surface area contributed by atoms with Crippen LogP contribution in [0.2, 0.25) is 0 Å². The van der Waals surface area contributed by atoms with E-state index in [1.165, 1.54) is 12.1 Å². The number of rotatable bonds is 6. The van der Waals surface area contributed by atoms with Crippen molar-refractivity contribution in [2.45, 2.75) is 38.2 Å². The molecule has 1 saturated heterocycles. The Labute approximate surface area is 157 Å². The Morgan fingerprint density at radius 3 is 2.31 bits per heavy atom. The number of likely N-dealkylation sites (tertiary alicyclic amines) is 1. The highest BCUT2D eigenvalue weighted by molar-refractivity contribution is 5.85. The number of piperidine rings is 1. The van der Waals surface area contributed by atoms with Crippen molar-refractivity contribution in [3.63, 3.8) is 0 Å². The maximum Gasteiger partial charge on any atom is 0.573 e. The van der Waals surface area contributed by atoms with Gasteiger partial charge in [0.05, 0.1) is 6.54 Å². The Morgan fingerprint density at radius 2 is 1.85 bits per heavy atom. The lowest BCUT2D eigenvalue weighted by atomic mass is 9.99. The maximum atomic E-state index is 12.2. The van der Waals surface area contributed by atoms with Gasteiger partial charge < -0.3 is 9.84 Å². The lowest BCUT2D eigenvalue weighted by Crippen LogP contribution is -2.45. The first kappa shape index (κ1) is 22.5. The van der Waals surface area contributed by atoms with Crippen LogP contribution in [-0.2, 0) is 4.79 Å². The van der Waals surface area contributed by atoms with Gasteiger partial charge in [-0.1, -0.05) is 12.1 Å². The van der Waals surface area contributed by atoms with Gasteiger partial charge in [0.15, 0.2) is 0 Å². The highest BCUT2D eigenvalue weighted by Gasteiger charge is 2.31. The predicted molar refractivity (Wildman–Crippen MR) is 93.6 cm³/mol. The van der Waals surface area contributed by atoms with Crippen molar-refractivity contribution >= 4 is 18.4 Å². The SMILES string of the molecule is CC(c1ccc(OC(F)(F)F)cc1)N1CCC(N(C)CC(=O)O)CC1.Cl. The number of hydrogen-bond donors (Lipinski definition) is 1. The summed E-state index contributed by atoms with van der Waals surface area (Å²) in [6.07, 6.45) is -2.95. The zero-order valence-electron chi connectivity index (χ0n) is 14.7. The maximum absolute atomic E-state index is 12.2. The number of carbonyl (C=O) groups is 1. The van der Waals surface area contributed by atoms with Crippen LogP contribution in [0.4, 0.5) is 13.2 Å². The molecule has 9 heteroatoms. The topological polar surface area (TPSA) is 53.0 Å². The molecule has 0 amide bonds. The van der Waals surface area contributed by atoms with Crippen LogP contribution >= 0.6 is 12.4 Å². The molecule has 0 aliphatic carbocycles. The first-order chi connectivity index (χ1) is 11.7. The fourth-order valence-corrected chi connectivity index (χ4v) is 3.22. The van der Waals surface area contributed by atoms with Crippen molar-refractivity contribution in [1.29, 1.82) is 0 Å². The Morgan fingerprint density at radius 1 is 1.31 bits per heavy atom. The third-order valence-corrected chi connectivity index (χ3v) is 4.65. The second-order valence-electron chi connectivity index (χ2n) is 6.37. The molecule has 1 aliphatic rings. The summed E-state index contributed by atoms with van der Waals surface area (Å²) in [6, 6.07) is 6.26. The number of likely N-dealkylation sites (N-methyl/N-ethyl adjacent to an activating group) is 1. The van der Waals surface area contributed by atoms with E-state index in [0.717, 1.165) is 31.5 Å². The molecule has 1 heterocycles. The fourth-order valence-electron chi connectivity index (χ4n) is 3.22. The highest BCUT2D eigenvalue weighted by Crippen LogP contribution is 2.28. The lowest BCUT2D eigenvalue weighted by Gasteiger charge is -2.39. The highest BCUT2D eigenvalue weighted by atomic mass is 35.5. The van der Waals surface area contributed by atoms with Crippen LogP contribution in [0.3, 0.4) is 0 Å². The van der Waals surface area contributed by atoms with E-state index in [4.69, 9.17) is 5.11 Å². The van der Waals surface area contributed by atoms with Crippen LogP contribution in [0.15, 0.2) is 24.3 Å². The molecule has 0 saturated carbocycles. The van der Waals surface area contributed by atoms with Crippen molar-refractivity contribution in [2.24, 2.45) is 0 Å². The molecule has 1 N–H and O–H groups in total. The molecule has 1 fully saturated rings. The van der Waals surface area contributed by atoms with Crippen molar-refractivity contribution in [2.75, 3.05) is 26.7 Å². The van der Waals surface area contributed by atoms with Crippen molar-refractivity contribution in [3.05, 3.63) is 29.8 Å². The molecule has 0 bridgehead atoms. The van der Waals surface area contributed by atoms with Crippen LogP contribution in [0.5, 0.6) is 5.75 Å². The minimum Gasteiger partial charge on any atom is -0.480 e.